The highest BCUT2D eigenvalue weighted by molar-refractivity contribution is 6.30. The SMILES string of the molecule is CCCCC(C(=O)N1CCOC1=O)c1cccc(Cl)c1. The molecule has 2 amide bonds. The van der Waals surface area contributed by atoms with Crippen LogP contribution >= 0.6 is 11.6 Å². The second kappa shape index (κ2) is 6.75. The highest BCUT2D eigenvalue weighted by Crippen LogP contribution is 2.27. The van der Waals surface area contributed by atoms with Gasteiger partial charge >= 0.3 is 6.09 Å². The highest BCUT2D eigenvalue weighted by atomic mass is 35.5. The number of carbonyl (C=O) groups is 2. The summed E-state index contributed by atoms with van der Waals surface area (Å²) in [6.07, 6.45) is 2.08. The Morgan fingerprint density at radius 3 is 2.90 bits per heavy atom. The molecule has 1 aliphatic rings. The fourth-order valence-corrected chi connectivity index (χ4v) is 2.54. The van der Waals surface area contributed by atoms with E-state index in [1.54, 1.807) is 12.1 Å². The van der Waals surface area contributed by atoms with Crippen molar-refractivity contribution in [3.05, 3.63) is 34.9 Å². The lowest BCUT2D eigenvalue weighted by Crippen LogP contribution is -2.35. The second-order valence-electron chi connectivity index (χ2n) is 4.85. The third kappa shape index (κ3) is 3.31. The van der Waals surface area contributed by atoms with Crippen molar-refractivity contribution in [3.63, 3.8) is 0 Å². The van der Waals surface area contributed by atoms with E-state index < -0.39 is 6.09 Å². The summed E-state index contributed by atoms with van der Waals surface area (Å²) in [6.45, 7) is 2.69. The van der Waals surface area contributed by atoms with Crippen LogP contribution in [0.25, 0.3) is 0 Å². The molecule has 1 aliphatic heterocycles. The number of halogens is 1. The predicted octanol–water partition coefficient (Wildman–Crippen LogP) is 3.59. The van der Waals surface area contributed by atoms with Crippen molar-refractivity contribution < 1.29 is 14.3 Å². The minimum absolute atomic E-state index is 0.191. The molecule has 2 rings (SSSR count). The fourth-order valence-electron chi connectivity index (χ4n) is 2.35. The van der Waals surface area contributed by atoms with Gasteiger partial charge in [-0.2, -0.15) is 0 Å². The lowest BCUT2D eigenvalue weighted by atomic mass is 9.92. The summed E-state index contributed by atoms with van der Waals surface area (Å²) in [5.74, 6) is -0.525. The number of benzene rings is 1. The first-order valence-corrected chi connectivity index (χ1v) is 7.25. The molecule has 5 heteroatoms. The van der Waals surface area contributed by atoms with Crippen LogP contribution in [0.3, 0.4) is 0 Å². The van der Waals surface area contributed by atoms with E-state index in [2.05, 4.69) is 6.92 Å². The molecule has 0 aromatic heterocycles. The summed E-state index contributed by atoms with van der Waals surface area (Å²) in [6, 6.07) is 7.27. The van der Waals surface area contributed by atoms with Gasteiger partial charge in [-0.25, -0.2) is 9.69 Å². The number of cyclic esters (lactones) is 1. The Hall–Kier alpha value is -1.55. The van der Waals surface area contributed by atoms with E-state index in [0.29, 0.717) is 18.0 Å². The maximum absolute atomic E-state index is 12.6. The smallest absolute Gasteiger partial charge is 0.416 e. The number of imide groups is 1. The number of nitrogens with zero attached hydrogens (tertiary/aromatic N) is 1. The molecule has 0 saturated carbocycles. The zero-order valence-electron chi connectivity index (χ0n) is 11.5. The van der Waals surface area contributed by atoms with Gasteiger partial charge in [0, 0.05) is 5.02 Å². The summed E-state index contributed by atoms with van der Waals surface area (Å²) >= 11 is 6.00. The van der Waals surface area contributed by atoms with E-state index in [1.165, 1.54) is 4.90 Å². The lowest BCUT2D eigenvalue weighted by molar-refractivity contribution is -0.129. The van der Waals surface area contributed by atoms with E-state index in [9.17, 15) is 9.59 Å². The van der Waals surface area contributed by atoms with Gasteiger partial charge in [-0.1, -0.05) is 43.5 Å². The van der Waals surface area contributed by atoms with Gasteiger partial charge in [0.05, 0.1) is 12.5 Å². The van der Waals surface area contributed by atoms with Crippen molar-refractivity contribution in [3.8, 4) is 0 Å². The van der Waals surface area contributed by atoms with Gasteiger partial charge in [-0.15, -0.1) is 0 Å². The van der Waals surface area contributed by atoms with Crippen molar-refractivity contribution >= 4 is 23.6 Å². The van der Waals surface area contributed by atoms with Crippen LogP contribution in [0.15, 0.2) is 24.3 Å². The molecule has 0 radical (unpaired) electrons. The maximum Gasteiger partial charge on any atom is 0.416 e. The lowest BCUT2D eigenvalue weighted by Gasteiger charge is -2.20. The Balaban J connectivity index is 2.22. The van der Waals surface area contributed by atoms with Gasteiger partial charge in [0.2, 0.25) is 5.91 Å². The van der Waals surface area contributed by atoms with Crippen molar-refractivity contribution in [1.29, 1.82) is 0 Å². The summed E-state index contributed by atoms with van der Waals surface area (Å²) in [5.41, 5.74) is 0.857. The Morgan fingerprint density at radius 2 is 2.30 bits per heavy atom. The van der Waals surface area contributed by atoms with Crippen LogP contribution in [0.1, 0.15) is 37.7 Å². The van der Waals surface area contributed by atoms with Crippen molar-refractivity contribution in [1.82, 2.24) is 4.90 Å². The molecule has 1 unspecified atom stereocenters. The van der Waals surface area contributed by atoms with E-state index >= 15 is 0 Å². The summed E-state index contributed by atoms with van der Waals surface area (Å²) < 4.78 is 4.84. The summed E-state index contributed by atoms with van der Waals surface area (Å²) in [4.78, 5) is 25.3. The molecule has 0 spiro atoms. The zero-order valence-corrected chi connectivity index (χ0v) is 12.2. The number of rotatable bonds is 5. The molecule has 108 valence electrons. The van der Waals surface area contributed by atoms with Gasteiger partial charge < -0.3 is 4.74 Å². The van der Waals surface area contributed by atoms with Crippen molar-refractivity contribution in [2.24, 2.45) is 0 Å². The van der Waals surface area contributed by atoms with Crippen LogP contribution < -0.4 is 0 Å². The topological polar surface area (TPSA) is 46.6 Å². The molecule has 0 aliphatic carbocycles. The van der Waals surface area contributed by atoms with Crippen LogP contribution in [-0.2, 0) is 9.53 Å². The average Bonchev–Trinajstić information content (AvgIpc) is 2.85. The Kier molecular flexibility index (Phi) is 5.01. The van der Waals surface area contributed by atoms with Crippen molar-refractivity contribution in [2.45, 2.75) is 32.1 Å². The van der Waals surface area contributed by atoms with Gasteiger partial charge in [-0.3, -0.25) is 4.79 Å². The predicted molar refractivity (Wildman–Crippen MR) is 76.8 cm³/mol. The number of carbonyl (C=O) groups excluding carboxylic acids is 2. The average molecular weight is 296 g/mol. The largest absolute Gasteiger partial charge is 0.447 e. The highest BCUT2D eigenvalue weighted by Gasteiger charge is 2.33. The van der Waals surface area contributed by atoms with E-state index in [0.717, 1.165) is 18.4 Å². The molecular formula is C15H18ClNO3. The quantitative estimate of drug-likeness (QED) is 0.834. The van der Waals surface area contributed by atoms with Gasteiger partial charge in [0.1, 0.15) is 6.61 Å². The molecule has 1 atom stereocenters. The zero-order chi connectivity index (χ0) is 14.5. The van der Waals surface area contributed by atoms with E-state index in [4.69, 9.17) is 16.3 Å². The van der Waals surface area contributed by atoms with Gasteiger partial charge in [0.25, 0.3) is 0 Å². The molecule has 0 N–H and O–H groups in total. The minimum Gasteiger partial charge on any atom is -0.447 e. The molecule has 1 aromatic rings. The van der Waals surface area contributed by atoms with Crippen LogP contribution in [0.5, 0.6) is 0 Å². The Labute approximate surface area is 123 Å². The first-order chi connectivity index (χ1) is 9.63. The van der Waals surface area contributed by atoms with Gasteiger partial charge in [0.15, 0.2) is 0 Å². The summed E-state index contributed by atoms with van der Waals surface area (Å²) in [5, 5.41) is 0.598. The van der Waals surface area contributed by atoms with Crippen LogP contribution in [0, 0.1) is 0 Å². The molecule has 1 aromatic carbocycles. The number of unbranched alkanes of at least 4 members (excludes halogenated alkanes) is 1. The number of hydrogen-bond acceptors (Lipinski definition) is 3. The normalized spacial score (nSPS) is 16.1. The minimum atomic E-state index is -0.543. The Bertz CT molecular complexity index is 504. The number of hydrogen-bond donors (Lipinski definition) is 0. The molecule has 1 fully saturated rings. The second-order valence-corrected chi connectivity index (χ2v) is 5.29. The molecule has 20 heavy (non-hydrogen) atoms. The van der Waals surface area contributed by atoms with E-state index in [-0.39, 0.29) is 18.4 Å². The number of amides is 2. The van der Waals surface area contributed by atoms with E-state index in [1.807, 2.05) is 12.1 Å². The Morgan fingerprint density at radius 1 is 1.50 bits per heavy atom. The monoisotopic (exact) mass is 295 g/mol. The molecular weight excluding hydrogens is 278 g/mol. The van der Waals surface area contributed by atoms with Crippen molar-refractivity contribution in [2.75, 3.05) is 13.2 Å². The molecule has 1 saturated heterocycles. The van der Waals surface area contributed by atoms with Crippen LogP contribution in [-0.4, -0.2) is 30.1 Å². The standard InChI is InChI=1S/C15H18ClNO3/c1-2-3-7-13(11-5-4-6-12(16)10-11)14(18)17-8-9-20-15(17)19/h4-6,10,13H,2-3,7-9H2,1H3. The van der Waals surface area contributed by atoms with Gasteiger partial charge in [-0.05, 0) is 24.1 Å². The fraction of sp³-hybridized carbons (Fsp3) is 0.467. The third-order valence-corrected chi connectivity index (χ3v) is 3.66. The molecule has 4 nitrogen and oxygen atoms in total. The molecule has 0 bridgehead atoms. The van der Waals surface area contributed by atoms with Crippen LogP contribution in [0.2, 0.25) is 5.02 Å². The third-order valence-electron chi connectivity index (χ3n) is 3.42. The maximum atomic E-state index is 12.6. The first kappa shape index (κ1) is 14.9. The first-order valence-electron chi connectivity index (χ1n) is 6.87. The molecule has 1 heterocycles. The van der Waals surface area contributed by atoms with Crippen LogP contribution in [0.4, 0.5) is 4.79 Å². The number of ether oxygens (including phenoxy) is 1. The summed E-state index contributed by atoms with van der Waals surface area (Å²) in [7, 11) is 0.